The van der Waals surface area contributed by atoms with Crippen molar-refractivity contribution >= 4 is 27.0 Å². The van der Waals surface area contributed by atoms with Crippen molar-refractivity contribution in [3.8, 4) is 11.3 Å². The van der Waals surface area contributed by atoms with Crippen LogP contribution in [0.25, 0.3) is 22.2 Å². The molecule has 5 rings (SSSR count). The average molecular weight is 483 g/mol. The largest absolute Gasteiger partial charge is 0.391 e. The Bertz CT molecular complexity index is 1360. The highest BCUT2D eigenvalue weighted by atomic mass is 32.2. The maximum Gasteiger partial charge on any atom is 0.303 e. The van der Waals surface area contributed by atoms with Gasteiger partial charge in [0.25, 0.3) is 5.91 Å². The van der Waals surface area contributed by atoms with Crippen LogP contribution in [0.15, 0.2) is 36.5 Å². The molecule has 1 aliphatic carbocycles. The second kappa shape index (κ2) is 8.79. The Morgan fingerprint density at radius 1 is 1.18 bits per heavy atom. The first-order chi connectivity index (χ1) is 16.3. The van der Waals surface area contributed by atoms with Crippen LogP contribution < -0.4 is 4.72 Å². The van der Waals surface area contributed by atoms with Crippen LogP contribution in [-0.2, 0) is 23.2 Å². The Morgan fingerprint density at radius 3 is 2.68 bits per heavy atom. The summed E-state index contributed by atoms with van der Waals surface area (Å²) in [5.74, 6) is -0.286. The highest BCUT2D eigenvalue weighted by Gasteiger charge is 2.31. The van der Waals surface area contributed by atoms with Gasteiger partial charge < -0.3 is 9.67 Å². The van der Waals surface area contributed by atoms with Crippen LogP contribution in [0, 0.1) is 0 Å². The summed E-state index contributed by atoms with van der Waals surface area (Å²) >= 11 is 0. The van der Waals surface area contributed by atoms with Crippen LogP contribution in [0.2, 0.25) is 0 Å². The lowest BCUT2D eigenvalue weighted by Gasteiger charge is -2.23. The number of rotatable bonds is 4. The number of aliphatic hydroxyl groups excluding tert-OH is 1. The number of amides is 1. The van der Waals surface area contributed by atoms with Crippen molar-refractivity contribution in [2.24, 2.45) is 0 Å². The minimum absolute atomic E-state index is 0.263. The zero-order chi connectivity index (χ0) is 24.0. The molecule has 9 heteroatoms. The van der Waals surface area contributed by atoms with Crippen LogP contribution >= 0.6 is 0 Å². The molecule has 3 aromatic rings. The second-order valence-electron chi connectivity index (χ2n) is 9.51. The second-order valence-corrected chi connectivity index (χ2v) is 11.4. The van der Waals surface area contributed by atoms with Crippen molar-refractivity contribution in [1.82, 2.24) is 18.6 Å². The molecule has 1 fully saturated rings. The number of aliphatic hydroxyl groups is 1. The van der Waals surface area contributed by atoms with E-state index < -0.39 is 22.2 Å². The molecule has 2 aromatic heterocycles. The van der Waals surface area contributed by atoms with Gasteiger partial charge in [-0.15, -0.1) is 0 Å². The fraction of sp³-hybridized carbons (Fsp3) is 0.440. The molecule has 1 unspecified atom stereocenters. The van der Waals surface area contributed by atoms with E-state index >= 15 is 0 Å². The molecule has 3 heterocycles. The SMILES string of the molecule is CN(C)S(=O)(=O)NC(=O)c1ccc2c(C3CCCCC3)c3n(c2c1)CC(O)Cc1ncccc1-3. The monoisotopic (exact) mass is 482 g/mol. The summed E-state index contributed by atoms with van der Waals surface area (Å²) in [6, 6.07) is 9.36. The van der Waals surface area contributed by atoms with E-state index in [1.54, 1.807) is 18.3 Å². The quantitative estimate of drug-likeness (QED) is 0.594. The maximum absolute atomic E-state index is 12.8. The molecule has 0 spiro atoms. The van der Waals surface area contributed by atoms with E-state index in [0.717, 1.165) is 45.0 Å². The molecule has 0 radical (unpaired) electrons. The number of pyridine rings is 1. The van der Waals surface area contributed by atoms with E-state index in [4.69, 9.17) is 0 Å². The standard InChI is InChI=1S/C25H30N4O4S/c1-28(2)34(32,33)27-25(31)17-10-11-20-22(13-17)29-15-18(30)14-21-19(9-6-12-26-21)24(29)23(20)16-7-4-3-5-8-16/h6,9-13,16,18,30H,3-5,7-8,14-15H2,1-2H3,(H,27,31). The average Bonchev–Trinajstić information content (AvgIpc) is 3.04. The van der Waals surface area contributed by atoms with Crippen LogP contribution in [-0.4, -0.2) is 53.5 Å². The fourth-order valence-electron chi connectivity index (χ4n) is 5.38. The lowest BCUT2D eigenvalue weighted by atomic mass is 9.81. The number of benzene rings is 1. The molecule has 1 saturated carbocycles. The van der Waals surface area contributed by atoms with Crippen molar-refractivity contribution in [1.29, 1.82) is 0 Å². The first-order valence-corrected chi connectivity index (χ1v) is 13.2. The minimum atomic E-state index is -3.90. The molecule has 1 amide bonds. The number of carbonyl (C=O) groups excluding carboxylic acids is 1. The van der Waals surface area contributed by atoms with E-state index in [1.807, 2.05) is 12.1 Å². The molecule has 0 saturated heterocycles. The number of fused-ring (bicyclic) bond motifs is 5. The predicted octanol–water partition coefficient (Wildman–Crippen LogP) is 3.20. The van der Waals surface area contributed by atoms with Crippen molar-refractivity contribution in [2.45, 2.75) is 57.1 Å². The Kier molecular flexibility index (Phi) is 5.95. The number of nitrogens with one attached hydrogen (secondary N) is 1. The number of nitrogens with zero attached hydrogens (tertiary/aromatic N) is 3. The van der Waals surface area contributed by atoms with E-state index in [1.165, 1.54) is 38.9 Å². The van der Waals surface area contributed by atoms with Gasteiger partial charge in [0, 0.05) is 55.3 Å². The smallest absolute Gasteiger partial charge is 0.303 e. The van der Waals surface area contributed by atoms with Crippen molar-refractivity contribution in [3.63, 3.8) is 0 Å². The lowest BCUT2D eigenvalue weighted by Crippen LogP contribution is -2.39. The summed E-state index contributed by atoms with van der Waals surface area (Å²) in [6.07, 6.45) is 7.43. The zero-order valence-electron chi connectivity index (χ0n) is 19.5. The Morgan fingerprint density at radius 2 is 1.94 bits per heavy atom. The third-order valence-corrected chi connectivity index (χ3v) is 8.45. The Labute approximate surface area is 199 Å². The third-order valence-electron chi connectivity index (χ3n) is 7.05. The molecule has 2 aliphatic rings. The Hall–Kier alpha value is -2.75. The summed E-state index contributed by atoms with van der Waals surface area (Å²) in [5.41, 5.74) is 5.33. The summed E-state index contributed by atoms with van der Waals surface area (Å²) in [5, 5.41) is 11.9. The Balaban J connectivity index is 1.72. The molecular formula is C25H30N4O4S. The van der Waals surface area contributed by atoms with E-state index in [2.05, 4.69) is 20.3 Å². The molecule has 34 heavy (non-hydrogen) atoms. The van der Waals surface area contributed by atoms with Crippen molar-refractivity contribution in [3.05, 3.63) is 53.3 Å². The van der Waals surface area contributed by atoms with Gasteiger partial charge in [0.05, 0.1) is 17.5 Å². The number of hydrogen-bond donors (Lipinski definition) is 2. The molecule has 1 aromatic carbocycles. The molecule has 8 nitrogen and oxygen atoms in total. The van der Waals surface area contributed by atoms with Gasteiger partial charge >= 0.3 is 10.2 Å². The van der Waals surface area contributed by atoms with Crippen LogP contribution in [0.3, 0.4) is 0 Å². The van der Waals surface area contributed by atoms with Crippen molar-refractivity contribution in [2.75, 3.05) is 14.1 Å². The highest BCUT2D eigenvalue weighted by molar-refractivity contribution is 7.87. The number of aromatic nitrogens is 2. The van der Waals surface area contributed by atoms with Gasteiger partial charge in [-0.05, 0) is 48.6 Å². The van der Waals surface area contributed by atoms with Gasteiger partial charge in [-0.1, -0.05) is 25.3 Å². The number of hydrogen-bond acceptors (Lipinski definition) is 5. The predicted molar refractivity (Wildman–Crippen MR) is 131 cm³/mol. The van der Waals surface area contributed by atoms with Gasteiger partial charge in [-0.3, -0.25) is 9.78 Å². The fourth-order valence-corrected chi connectivity index (χ4v) is 5.92. The summed E-state index contributed by atoms with van der Waals surface area (Å²) < 4.78 is 29.6. The van der Waals surface area contributed by atoms with Crippen LogP contribution in [0.5, 0.6) is 0 Å². The van der Waals surface area contributed by atoms with Gasteiger partial charge in [0.2, 0.25) is 0 Å². The van der Waals surface area contributed by atoms with Gasteiger partial charge in [-0.2, -0.15) is 12.7 Å². The van der Waals surface area contributed by atoms with Gasteiger partial charge in [-0.25, -0.2) is 4.72 Å². The first-order valence-electron chi connectivity index (χ1n) is 11.8. The maximum atomic E-state index is 12.8. The summed E-state index contributed by atoms with van der Waals surface area (Å²) in [7, 11) is -1.16. The highest BCUT2D eigenvalue weighted by Crippen LogP contribution is 2.45. The minimum Gasteiger partial charge on any atom is -0.391 e. The number of carbonyl (C=O) groups is 1. The molecule has 1 aliphatic heterocycles. The van der Waals surface area contributed by atoms with Gasteiger partial charge in [0.1, 0.15) is 0 Å². The molecule has 1 atom stereocenters. The normalized spacial score (nSPS) is 19.0. The summed E-state index contributed by atoms with van der Waals surface area (Å²) in [6.45, 7) is 0.385. The summed E-state index contributed by atoms with van der Waals surface area (Å²) in [4.78, 5) is 17.4. The van der Waals surface area contributed by atoms with Crippen LogP contribution in [0.1, 0.15) is 59.6 Å². The molecular weight excluding hydrogens is 452 g/mol. The third kappa shape index (κ3) is 4.01. The lowest BCUT2D eigenvalue weighted by molar-refractivity contribution is 0.0980. The first kappa shape index (κ1) is 23.0. The van der Waals surface area contributed by atoms with Gasteiger partial charge in [0.15, 0.2) is 0 Å². The van der Waals surface area contributed by atoms with E-state index in [-0.39, 0.29) is 5.56 Å². The van der Waals surface area contributed by atoms with E-state index in [9.17, 15) is 18.3 Å². The molecule has 180 valence electrons. The van der Waals surface area contributed by atoms with Crippen molar-refractivity contribution < 1.29 is 18.3 Å². The molecule has 0 bridgehead atoms. The molecule has 2 N–H and O–H groups in total. The van der Waals surface area contributed by atoms with Crippen LogP contribution in [0.4, 0.5) is 0 Å². The zero-order valence-corrected chi connectivity index (χ0v) is 20.3. The topological polar surface area (TPSA) is 105 Å². The van der Waals surface area contributed by atoms with E-state index in [0.29, 0.717) is 18.9 Å².